The molecule has 3 atom stereocenters. The summed E-state index contributed by atoms with van der Waals surface area (Å²) < 4.78 is 30.6. The van der Waals surface area contributed by atoms with E-state index in [1.165, 1.54) is 14.0 Å². The summed E-state index contributed by atoms with van der Waals surface area (Å²) in [7, 11) is -2.42. The summed E-state index contributed by atoms with van der Waals surface area (Å²) in [5.74, 6) is 0.0516. The van der Waals surface area contributed by atoms with Crippen molar-refractivity contribution in [2.24, 2.45) is 11.8 Å². The molecule has 7 heteroatoms. The number of carbonyl (C=O) groups excluding carboxylic acids is 1. The summed E-state index contributed by atoms with van der Waals surface area (Å²) >= 11 is 0. The number of fused-ring (bicyclic) bond motifs is 1. The first-order valence-electron chi connectivity index (χ1n) is 5.27. The highest BCUT2D eigenvalue weighted by Gasteiger charge is 2.55. The monoisotopic (exact) mass is 248 g/mol. The van der Waals surface area contributed by atoms with Gasteiger partial charge in [-0.25, -0.2) is 13.1 Å². The first kappa shape index (κ1) is 11.8. The van der Waals surface area contributed by atoms with Crippen LogP contribution in [0.15, 0.2) is 0 Å². The molecule has 0 spiro atoms. The topological polar surface area (TPSA) is 84.5 Å². The van der Waals surface area contributed by atoms with Gasteiger partial charge in [0.2, 0.25) is 10.0 Å². The third-order valence-corrected chi connectivity index (χ3v) is 5.11. The van der Waals surface area contributed by atoms with Crippen molar-refractivity contribution in [1.82, 2.24) is 10.0 Å². The number of methoxy groups -OCH3 is 1. The van der Waals surface area contributed by atoms with E-state index >= 15 is 0 Å². The lowest BCUT2D eigenvalue weighted by Gasteiger charge is -2.13. The Morgan fingerprint density at radius 3 is 2.50 bits per heavy atom. The Hall–Kier alpha value is -0.660. The maximum Gasteiger partial charge on any atom is 0.325 e. The Labute approximate surface area is 94.8 Å². The van der Waals surface area contributed by atoms with Crippen molar-refractivity contribution in [2.75, 3.05) is 20.2 Å². The average molecular weight is 248 g/mol. The molecule has 0 amide bonds. The molecule has 1 aliphatic carbocycles. The van der Waals surface area contributed by atoms with Gasteiger partial charge in [0.25, 0.3) is 0 Å². The van der Waals surface area contributed by atoms with E-state index in [0.717, 1.165) is 13.1 Å². The summed E-state index contributed by atoms with van der Waals surface area (Å²) in [6, 6.07) is -0.00152. The quantitative estimate of drug-likeness (QED) is 0.603. The van der Waals surface area contributed by atoms with E-state index in [0.29, 0.717) is 11.8 Å². The lowest BCUT2D eigenvalue weighted by atomic mass is 10.4. The zero-order valence-electron chi connectivity index (χ0n) is 9.26. The third kappa shape index (κ3) is 1.94. The van der Waals surface area contributed by atoms with Crippen molar-refractivity contribution in [2.45, 2.75) is 18.2 Å². The van der Waals surface area contributed by atoms with E-state index in [1.807, 2.05) is 0 Å². The molecule has 1 heterocycles. The molecule has 2 fully saturated rings. The molecule has 0 bridgehead atoms. The maximum absolute atomic E-state index is 11.8. The molecule has 0 radical (unpaired) electrons. The van der Waals surface area contributed by atoms with Crippen molar-refractivity contribution < 1.29 is 17.9 Å². The van der Waals surface area contributed by atoms with Gasteiger partial charge in [0.1, 0.15) is 0 Å². The van der Waals surface area contributed by atoms with Crippen LogP contribution in [0.2, 0.25) is 0 Å². The molecular formula is C9H16N2O4S. The summed E-state index contributed by atoms with van der Waals surface area (Å²) in [6.45, 7) is 3.04. The van der Waals surface area contributed by atoms with Gasteiger partial charge in [0, 0.05) is 6.04 Å². The Morgan fingerprint density at radius 1 is 1.44 bits per heavy atom. The van der Waals surface area contributed by atoms with Crippen LogP contribution >= 0.6 is 0 Å². The van der Waals surface area contributed by atoms with E-state index in [2.05, 4.69) is 14.8 Å². The van der Waals surface area contributed by atoms with Gasteiger partial charge in [-0.3, -0.25) is 4.79 Å². The average Bonchev–Trinajstić information content (AvgIpc) is 2.69. The second-order valence-electron chi connectivity index (χ2n) is 4.34. The highest BCUT2D eigenvalue weighted by atomic mass is 32.2. The van der Waals surface area contributed by atoms with Gasteiger partial charge in [-0.05, 0) is 31.8 Å². The standard InChI is InChI=1S/C9H16N2O4S/c1-5(9(12)15-2)16(13,14)11-8-6-3-10-4-7(6)8/h5-8,10-11H,3-4H2,1-2H3. The SMILES string of the molecule is COC(=O)C(C)S(=O)(=O)NC1C2CNCC21. The number of nitrogens with one attached hydrogen (secondary N) is 2. The van der Waals surface area contributed by atoms with Crippen molar-refractivity contribution in [1.29, 1.82) is 0 Å². The molecule has 1 saturated carbocycles. The number of carbonyl (C=O) groups is 1. The number of sulfonamides is 1. The van der Waals surface area contributed by atoms with Gasteiger partial charge < -0.3 is 10.1 Å². The summed E-state index contributed by atoms with van der Waals surface area (Å²) in [6.07, 6.45) is 0. The van der Waals surface area contributed by atoms with Gasteiger partial charge in [0.05, 0.1) is 7.11 Å². The number of rotatable bonds is 4. The third-order valence-electron chi connectivity index (χ3n) is 3.39. The molecule has 1 saturated heterocycles. The van der Waals surface area contributed by atoms with E-state index in [-0.39, 0.29) is 6.04 Å². The lowest BCUT2D eigenvalue weighted by Crippen LogP contribution is -2.41. The molecule has 16 heavy (non-hydrogen) atoms. The minimum absolute atomic E-state index is 0.00152. The van der Waals surface area contributed by atoms with Gasteiger partial charge in [-0.15, -0.1) is 0 Å². The zero-order chi connectivity index (χ0) is 11.9. The summed E-state index contributed by atoms with van der Waals surface area (Å²) in [4.78, 5) is 11.2. The smallest absolute Gasteiger partial charge is 0.325 e. The summed E-state index contributed by atoms with van der Waals surface area (Å²) in [5.41, 5.74) is 0. The van der Waals surface area contributed by atoms with Crippen LogP contribution in [0.4, 0.5) is 0 Å². The highest BCUT2D eigenvalue weighted by molar-refractivity contribution is 7.90. The fourth-order valence-corrected chi connectivity index (χ4v) is 3.46. The Kier molecular flexibility index (Phi) is 2.93. The Bertz CT molecular complexity index is 384. The van der Waals surface area contributed by atoms with Crippen molar-refractivity contribution in [3.63, 3.8) is 0 Å². The van der Waals surface area contributed by atoms with Crippen LogP contribution in [0.5, 0.6) is 0 Å². The summed E-state index contributed by atoms with van der Waals surface area (Å²) in [5, 5.41) is 2.03. The number of ether oxygens (including phenoxy) is 1. The van der Waals surface area contributed by atoms with Gasteiger partial charge in [-0.2, -0.15) is 0 Å². The number of hydrogen-bond donors (Lipinski definition) is 2. The second kappa shape index (κ2) is 3.97. The number of hydrogen-bond acceptors (Lipinski definition) is 5. The maximum atomic E-state index is 11.8. The van der Waals surface area contributed by atoms with Gasteiger partial charge >= 0.3 is 5.97 Å². The van der Waals surface area contributed by atoms with E-state index in [4.69, 9.17) is 0 Å². The molecule has 2 N–H and O–H groups in total. The molecule has 92 valence electrons. The van der Waals surface area contributed by atoms with Crippen LogP contribution in [0, 0.1) is 11.8 Å². The van der Waals surface area contributed by atoms with Gasteiger partial charge in [0.15, 0.2) is 5.25 Å². The molecule has 1 aliphatic heterocycles. The van der Waals surface area contributed by atoms with E-state index < -0.39 is 21.2 Å². The van der Waals surface area contributed by atoms with E-state index in [1.54, 1.807) is 0 Å². The Morgan fingerprint density at radius 2 is 2.00 bits per heavy atom. The molecule has 0 aromatic carbocycles. The number of esters is 1. The van der Waals surface area contributed by atoms with Crippen LogP contribution in [0.1, 0.15) is 6.92 Å². The van der Waals surface area contributed by atoms with Crippen LogP contribution in [-0.2, 0) is 19.6 Å². The number of piperidine rings is 1. The van der Waals surface area contributed by atoms with Crippen molar-refractivity contribution >= 4 is 16.0 Å². The van der Waals surface area contributed by atoms with Crippen LogP contribution in [0.25, 0.3) is 0 Å². The van der Waals surface area contributed by atoms with Crippen LogP contribution in [-0.4, -0.2) is 45.9 Å². The van der Waals surface area contributed by atoms with Crippen LogP contribution < -0.4 is 10.0 Å². The molecule has 0 aromatic heterocycles. The predicted octanol–water partition coefficient (Wildman–Crippen LogP) is -1.31. The predicted molar refractivity (Wildman–Crippen MR) is 57.2 cm³/mol. The zero-order valence-corrected chi connectivity index (χ0v) is 10.1. The highest BCUT2D eigenvalue weighted by Crippen LogP contribution is 2.42. The fourth-order valence-electron chi connectivity index (χ4n) is 2.18. The largest absolute Gasteiger partial charge is 0.468 e. The minimum atomic E-state index is -3.60. The minimum Gasteiger partial charge on any atom is -0.468 e. The van der Waals surface area contributed by atoms with Crippen LogP contribution in [0.3, 0.4) is 0 Å². The van der Waals surface area contributed by atoms with E-state index in [9.17, 15) is 13.2 Å². The molecule has 6 nitrogen and oxygen atoms in total. The fraction of sp³-hybridized carbons (Fsp3) is 0.889. The second-order valence-corrected chi connectivity index (χ2v) is 6.37. The Balaban J connectivity index is 1.96. The molecule has 2 aliphatic rings. The van der Waals surface area contributed by atoms with Crippen molar-refractivity contribution in [3.05, 3.63) is 0 Å². The first-order valence-corrected chi connectivity index (χ1v) is 6.81. The molecule has 0 aromatic rings. The molecule has 3 unspecified atom stereocenters. The normalized spacial score (nSPS) is 34.2. The first-order chi connectivity index (χ1) is 7.47. The molecule has 2 rings (SSSR count). The van der Waals surface area contributed by atoms with Crippen molar-refractivity contribution in [3.8, 4) is 0 Å². The lowest BCUT2D eigenvalue weighted by molar-refractivity contribution is -0.139. The molecular weight excluding hydrogens is 232 g/mol. The van der Waals surface area contributed by atoms with Gasteiger partial charge in [-0.1, -0.05) is 0 Å².